The fourth-order valence-corrected chi connectivity index (χ4v) is 3.52. The molecule has 0 saturated carbocycles. The lowest BCUT2D eigenvalue weighted by Gasteiger charge is -2.22. The molecule has 1 heterocycles. The monoisotopic (exact) mass is 474 g/mol. The lowest BCUT2D eigenvalue weighted by Crippen LogP contribution is -2.40. The summed E-state index contributed by atoms with van der Waals surface area (Å²) >= 11 is 0. The van der Waals surface area contributed by atoms with Crippen molar-refractivity contribution in [2.75, 3.05) is 18.4 Å². The minimum absolute atomic E-state index is 0.0103. The van der Waals surface area contributed by atoms with Crippen LogP contribution >= 0.6 is 0 Å². The number of amides is 2. The molecule has 2 amide bonds. The van der Waals surface area contributed by atoms with Gasteiger partial charge in [0.2, 0.25) is 5.91 Å². The molecule has 34 heavy (non-hydrogen) atoms. The number of nitrogens with zero attached hydrogens (tertiary/aromatic N) is 3. The number of benzene rings is 2. The van der Waals surface area contributed by atoms with Crippen LogP contribution in [0.5, 0.6) is 0 Å². The number of fused-ring (bicyclic) bond motifs is 1. The van der Waals surface area contributed by atoms with E-state index in [1.54, 1.807) is 31.2 Å². The number of rotatable bonds is 8. The van der Waals surface area contributed by atoms with Gasteiger partial charge in [-0.1, -0.05) is 39.0 Å². The Hall–Kier alpha value is -3.69. The number of hydrogen-bond donors (Lipinski definition) is 1. The van der Waals surface area contributed by atoms with Crippen molar-refractivity contribution >= 4 is 28.3 Å². The molecule has 10 heteroatoms. The first kappa shape index (κ1) is 24.9. The molecule has 1 aromatic heterocycles. The molecule has 0 fully saturated rings. The Bertz CT molecular complexity index is 1290. The van der Waals surface area contributed by atoms with Gasteiger partial charge in [-0.3, -0.25) is 14.4 Å². The van der Waals surface area contributed by atoms with Gasteiger partial charge in [0.15, 0.2) is 23.1 Å². The second kappa shape index (κ2) is 10.5. The molecule has 0 aliphatic carbocycles. The number of anilines is 1. The zero-order valence-electron chi connectivity index (χ0n) is 19.1. The maximum atomic E-state index is 13.9. The summed E-state index contributed by atoms with van der Waals surface area (Å²) in [5.41, 5.74) is -0.854. The highest BCUT2D eigenvalue weighted by Crippen LogP contribution is 2.20. The summed E-state index contributed by atoms with van der Waals surface area (Å²) in [4.78, 5) is 40.0. The third kappa shape index (κ3) is 5.27. The van der Waals surface area contributed by atoms with Crippen molar-refractivity contribution in [1.82, 2.24) is 14.7 Å². The molecule has 0 spiro atoms. The van der Waals surface area contributed by atoms with Crippen molar-refractivity contribution in [3.8, 4) is 0 Å². The first-order chi connectivity index (χ1) is 16.1. The maximum absolute atomic E-state index is 13.9. The molecule has 180 valence electrons. The van der Waals surface area contributed by atoms with E-state index < -0.39 is 41.5 Å². The van der Waals surface area contributed by atoms with Crippen molar-refractivity contribution in [1.29, 1.82) is 0 Å². The van der Waals surface area contributed by atoms with Gasteiger partial charge in [-0.05, 0) is 30.5 Å². The topological polar surface area (TPSA) is 84.3 Å². The normalized spacial score (nSPS) is 11.1. The van der Waals surface area contributed by atoms with Crippen molar-refractivity contribution in [2.24, 2.45) is 5.92 Å². The maximum Gasteiger partial charge on any atom is 0.275 e. The third-order valence-corrected chi connectivity index (χ3v) is 5.03. The molecule has 0 unspecified atom stereocenters. The van der Waals surface area contributed by atoms with Crippen LogP contribution in [-0.2, 0) is 11.3 Å². The predicted octanol–water partition coefficient (Wildman–Crippen LogP) is 3.96. The zero-order chi connectivity index (χ0) is 25.0. The quantitative estimate of drug-likeness (QED) is 0.501. The molecule has 0 atom stereocenters. The van der Waals surface area contributed by atoms with Gasteiger partial charge in [0.05, 0.1) is 11.1 Å². The highest BCUT2D eigenvalue weighted by atomic mass is 19.2. The highest BCUT2D eigenvalue weighted by Gasteiger charge is 2.24. The van der Waals surface area contributed by atoms with Gasteiger partial charge in [-0.2, -0.15) is 5.10 Å². The van der Waals surface area contributed by atoms with Crippen LogP contribution in [0.2, 0.25) is 0 Å². The minimum Gasteiger partial charge on any atom is -0.328 e. The van der Waals surface area contributed by atoms with Crippen LogP contribution in [0.4, 0.5) is 18.9 Å². The molecule has 3 rings (SSSR count). The molecule has 0 radical (unpaired) electrons. The zero-order valence-corrected chi connectivity index (χ0v) is 19.1. The van der Waals surface area contributed by atoms with Gasteiger partial charge in [0.25, 0.3) is 11.5 Å². The Balaban J connectivity index is 1.94. The summed E-state index contributed by atoms with van der Waals surface area (Å²) in [5.74, 6) is -5.91. The Kier molecular flexibility index (Phi) is 7.70. The second-order valence-electron chi connectivity index (χ2n) is 8.27. The first-order valence-electron chi connectivity index (χ1n) is 10.9. The van der Waals surface area contributed by atoms with Gasteiger partial charge in [-0.15, -0.1) is 0 Å². The fraction of sp³-hybridized carbons (Fsp3) is 0.333. The number of halogens is 3. The van der Waals surface area contributed by atoms with E-state index in [0.29, 0.717) is 29.8 Å². The van der Waals surface area contributed by atoms with Crippen LogP contribution < -0.4 is 10.9 Å². The average Bonchev–Trinajstić information content (AvgIpc) is 2.80. The standard InChI is InChI=1S/C24H25F3N4O3/c1-4-11-30(13-19(32)28-18-10-9-17(25)20(26)21(18)27)24(34)22-15-7-5-6-8-16(15)23(33)31(29-22)12-14(2)3/h5-10,14H,4,11-13H2,1-3H3,(H,28,32). The number of aromatic nitrogens is 2. The highest BCUT2D eigenvalue weighted by molar-refractivity contribution is 6.06. The van der Waals surface area contributed by atoms with E-state index in [9.17, 15) is 27.6 Å². The molecule has 0 saturated heterocycles. The fourth-order valence-electron chi connectivity index (χ4n) is 3.52. The van der Waals surface area contributed by atoms with Crippen LogP contribution in [0.25, 0.3) is 10.8 Å². The van der Waals surface area contributed by atoms with Crippen LogP contribution in [0.1, 0.15) is 37.7 Å². The summed E-state index contributed by atoms with van der Waals surface area (Å²) in [7, 11) is 0. The third-order valence-electron chi connectivity index (χ3n) is 5.03. The number of hydrogen-bond acceptors (Lipinski definition) is 4. The van der Waals surface area contributed by atoms with E-state index in [0.717, 1.165) is 6.07 Å². The Morgan fingerprint density at radius 1 is 1.06 bits per heavy atom. The molecule has 7 nitrogen and oxygen atoms in total. The Morgan fingerprint density at radius 2 is 1.74 bits per heavy atom. The lowest BCUT2D eigenvalue weighted by molar-refractivity contribution is -0.116. The van der Waals surface area contributed by atoms with E-state index in [-0.39, 0.29) is 23.7 Å². The van der Waals surface area contributed by atoms with E-state index >= 15 is 0 Å². The van der Waals surface area contributed by atoms with Gasteiger partial charge in [0, 0.05) is 18.5 Å². The van der Waals surface area contributed by atoms with Gasteiger partial charge >= 0.3 is 0 Å². The van der Waals surface area contributed by atoms with Crippen molar-refractivity contribution in [3.63, 3.8) is 0 Å². The van der Waals surface area contributed by atoms with E-state index in [1.807, 2.05) is 13.8 Å². The van der Waals surface area contributed by atoms with E-state index in [1.165, 1.54) is 9.58 Å². The summed E-state index contributed by atoms with van der Waals surface area (Å²) in [6.07, 6.45) is 0.502. The lowest BCUT2D eigenvalue weighted by atomic mass is 10.1. The van der Waals surface area contributed by atoms with E-state index in [2.05, 4.69) is 10.4 Å². The summed E-state index contributed by atoms with van der Waals surface area (Å²) in [6, 6.07) is 8.17. The largest absolute Gasteiger partial charge is 0.328 e. The van der Waals surface area contributed by atoms with E-state index in [4.69, 9.17) is 0 Å². The molecular formula is C24H25F3N4O3. The van der Waals surface area contributed by atoms with Gasteiger partial charge < -0.3 is 10.2 Å². The van der Waals surface area contributed by atoms with Gasteiger partial charge in [-0.25, -0.2) is 17.9 Å². The first-order valence-corrected chi connectivity index (χ1v) is 10.9. The Morgan fingerprint density at radius 3 is 2.38 bits per heavy atom. The Labute approximate surface area is 194 Å². The predicted molar refractivity (Wildman–Crippen MR) is 122 cm³/mol. The number of carbonyl (C=O) groups excluding carboxylic acids is 2. The molecule has 0 aliphatic rings. The number of nitrogens with one attached hydrogen (secondary N) is 1. The molecule has 3 aromatic rings. The van der Waals surface area contributed by atoms with Crippen LogP contribution in [0.3, 0.4) is 0 Å². The summed E-state index contributed by atoms with van der Waals surface area (Å²) in [5, 5.41) is 7.15. The minimum atomic E-state index is -1.71. The van der Waals surface area contributed by atoms with Crippen LogP contribution in [0, 0.1) is 23.4 Å². The van der Waals surface area contributed by atoms with Crippen molar-refractivity contribution in [3.05, 3.63) is 69.9 Å². The number of carbonyl (C=O) groups is 2. The average molecular weight is 474 g/mol. The van der Waals surface area contributed by atoms with Crippen molar-refractivity contribution in [2.45, 2.75) is 33.7 Å². The summed E-state index contributed by atoms with van der Waals surface area (Å²) < 4.78 is 41.8. The van der Waals surface area contributed by atoms with Crippen LogP contribution in [0.15, 0.2) is 41.2 Å². The second-order valence-corrected chi connectivity index (χ2v) is 8.27. The molecule has 1 N–H and O–H groups in total. The van der Waals surface area contributed by atoms with Gasteiger partial charge in [0.1, 0.15) is 6.54 Å². The molecular weight excluding hydrogens is 449 g/mol. The molecule has 0 bridgehead atoms. The summed E-state index contributed by atoms with van der Waals surface area (Å²) in [6.45, 7) is 5.62. The molecule has 0 aliphatic heterocycles. The smallest absolute Gasteiger partial charge is 0.275 e. The van der Waals surface area contributed by atoms with Crippen molar-refractivity contribution < 1.29 is 22.8 Å². The SMILES string of the molecule is CCCN(CC(=O)Nc1ccc(F)c(F)c1F)C(=O)c1nn(CC(C)C)c(=O)c2ccccc12. The van der Waals surface area contributed by atoms with Crippen LogP contribution in [-0.4, -0.2) is 39.6 Å². The molecule has 2 aromatic carbocycles.